The molecule has 1 fully saturated rings. The number of hydrogen-bond acceptors (Lipinski definition) is 4. The summed E-state index contributed by atoms with van der Waals surface area (Å²) in [6, 6.07) is 0. The summed E-state index contributed by atoms with van der Waals surface area (Å²) in [6.45, 7) is 0.937. The second-order valence-electron chi connectivity index (χ2n) is 3.36. The van der Waals surface area contributed by atoms with Gasteiger partial charge in [0.25, 0.3) is 0 Å². The lowest BCUT2D eigenvalue weighted by molar-refractivity contribution is 0.102. The van der Waals surface area contributed by atoms with Gasteiger partial charge in [0.05, 0.1) is 6.10 Å². The summed E-state index contributed by atoms with van der Waals surface area (Å²) in [5.41, 5.74) is 0. The zero-order valence-electron chi connectivity index (χ0n) is 7.57. The van der Waals surface area contributed by atoms with Crippen LogP contribution in [0.5, 0.6) is 0 Å². The van der Waals surface area contributed by atoms with Crippen LogP contribution in [0, 0.1) is 0 Å². The van der Waals surface area contributed by atoms with Crippen molar-refractivity contribution < 1.29 is 4.74 Å². The lowest BCUT2D eigenvalue weighted by Gasteiger charge is -2.06. The Balaban J connectivity index is 1.63. The van der Waals surface area contributed by atoms with Gasteiger partial charge in [-0.05, 0) is 25.7 Å². The molecule has 1 unspecified atom stereocenters. The van der Waals surface area contributed by atoms with E-state index in [9.17, 15) is 0 Å². The molecule has 0 saturated carbocycles. The minimum absolute atomic E-state index is 0.479. The molecule has 2 heterocycles. The van der Waals surface area contributed by atoms with Crippen LogP contribution in [0.4, 0.5) is 0 Å². The molecule has 72 valence electrons. The van der Waals surface area contributed by atoms with E-state index in [1.54, 1.807) is 0 Å². The Morgan fingerprint density at radius 1 is 1.54 bits per heavy atom. The van der Waals surface area contributed by atoms with Gasteiger partial charge in [-0.1, -0.05) is 5.21 Å². The summed E-state index contributed by atoms with van der Waals surface area (Å²) < 4.78 is 5.51. The van der Waals surface area contributed by atoms with Crippen LogP contribution in [0.2, 0.25) is 0 Å². The van der Waals surface area contributed by atoms with E-state index in [-0.39, 0.29) is 0 Å². The van der Waals surface area contributed by atoms with Gasteiger partial charge in [0.1, 0.15) is 0 Å². The van der Waals surface area contributed by atoms with Crippen molar-refractivity contribution in [2.24, 2.45) is 0 Å². The fourth-order valence-electron chi connectivity index (χ4n) is 1.65. The van der Waals surface area contributed by atoms with Gasteiger partial charge >= 0.3 is 0 Å². The van der Waals surface area contributed by atoms with Crippen molar-refractivity contribution in [2.45, 2.75) is 38.2 Å². The predicted octanol–water partition coefficient (Wildman–Crippen LogP) is 0.701. The largest absolute Gasteiger partial charge is 0.378 e. The van der Waals surface area contributed by atoms with Crippen molar-refractivity contribution in [3.8, 4) is 0 Å². The van der Waals surface area contributed by atoms with Crippen molar-refractivity contribution in [1.29, 1.82) is 0 Å². The standard InChI is InChI=1S/C8H14N4O/c1(3-7-4-2-6-13-7)5-8-9-11-12-10-8/h7H,1-6H2,(H,9,10,11,12). The monoisotopic (exact) mass is 182 g/mol. The molecule has 0 radical (unpaired) electrons. The molecule has 0 amide bonds. The van der Waals surface area contributed by atoms with Crippen molar-refractivity contribution >= 4 is 0 Å². The Labute approximate surface area is 76.9 Å². The zero-order valence-corrected chi connectivity index (χ0v) is 7.57. The first kappa shape index (κ1) is 8.62. The highest BCUT2D eigenvalue weighted by molar-refractivity contribution is 4.76. The van der Waals surface area contributed by atoms with Gasteiger partial charge in [-0.25, -0.2) is 0 Å². The van der Waals surface area contributed by atoms with E-state index >= 15 is 0 Å². The first-order valence-electron chi connectivity index (χ1n) is 4.79. The molecule has 1 aliphatic rings. The maximum Gasteiger partial charge on any atom is 0.174 e. The third-order valence-electron chi connectivity index (χ3n) is 2.34. The number of nitrogens with one attached hydrogen (secondary N) is 1. The van der Waals surface area contributed by atoms with Gasteiger partial charge in [-0.15, -0.1) is 10.2 Å². The lowest BCUT2D eigenvalue weighted by atomic mass is 10.1. The first-order valence-corrected chi connectivity index (χ1v) is 4.79. The van der Waals surface area contributed by atoms with Crippen LogP contribution >= 0.6 is 0 Å². The molecule has 1 aliphatic heterocycles. The highest BCUT2D eigenvalue weighted by atomic mass is 16.5. The van der Waals surface area contributed by atoms with Crippen LogP contribution in [0.1, 0.15) is 31.5 Å². The normalized spacial score (nSPS) is 22.3. The molecule has 1 aromatic heterocycles. The number of rotatable bonds is 4. The molecular weight excluding hydrogens is 168 g/mol. The Morgan fingerprint density at radius 2 is 2.54 bits per heavy atom. The average Bonchev–Trinajstić information content (AvgIpc) is 2.75. The number of tetrazole rings is 1. The van der Waals surface area contributed by atoms with Crippen molar-refractivity contribution in [1.82, 2.24) is 20.6 Å². The smallest absolute Gasteiger partial charge is 0.174 e. The molecule has 1 saturated heterocycles. The third-order valence-corrected chi connectivity index (χ3v) is 2.34. The van der Waals surface area contributed by atoms with E-state index in [0.717, 1.165) is 31.7 Å². The van der Waals surface area contributed by atoms with Crippen molar-refractivity contribution in [3.63, 3.8) is 0 Å². The van der Waals surface area contributed by atoms with Gasteiger partial charge in [-0.3, -0.25) is 0 Å². The van der Waals surface area contributed by atoms with Crippen LogP contribution in [0.25, 0.3) is 0 Å². The molecule has 0 aromatic carbocycles. The topological polar surface area (TPSA) is 63.7 Å². The Kier molecular flexibility index (Phi) is 2.86. The summed E-state index contributed by atoms with van der Waals surface area (Å²) in [4.78, 5) is 0. The van der Waals surface area contributed by atoms with Gasteiger partial charge < -0.3 is 4.74 Å². The number of H-pyrrole nitrogens is 1. The van der Waals surface area contributed by atoms with E-state index in [0.29, 0.717) is 6.10 Å². The second kappa shape index (κ2) is 4.32. The van der Waals surface area contributed by atoms with Crippen LogP contribution in [-0.2, 0) is 11.2 Å². The number of aromatic amines is 1. The molecule has 5 nitrogen and oxygen atoms in total. The summed E-state index contributed by atoms with van der Waals surface area (Å²) in [5.74, 6) is 0.804. The quantitative estimate of drug-likeness (QED) is 0.744. The SMILES string of the molecule is C1COC(CCCc2nn[nH]n2)C1. The van der Waals surface area contributed by atoms with Gasteiger partial charge in [0.2, 0.25) is 0 Å². The highest BCUT2D eigenvalue weighted by Gasteiger charge is 2.14. The van der Waals surface area contributed by atoms with E-state index in [1.165, 1.54) is 12.8 Å². The Bertz CT molecular complexity index is 230. The van der Waals surface area contributed by atoms with E-state index in [4.69, 9.17) is 4.74 Å². The van der Waals surface area contributed by atoms with Gasteiger partial charge in [0, 0.05) is 13.0 Å². The average molecular weight is 182 g/mol. The number of aryl methyl sites for hydroxylation is 1. The van der Waals surface area contributed by atoms with Crippen LogP contribution in [0.3, 0.4) is 0 Å². The zero-order chi connectivity index (χ0) is 8.93. The van der Waals surface area contributed by atoms with Crippen LogP contribution < -0.4 is 0 Å². The highest BCUT2D eigenvalue weighted by Crippen LogP contribution is 2.17. The second-order valence-corrected chi connectivity index (χ2v) is 3.36. The molecule has 5 heteroatoms. The van der Waals surface area contributed by atoms with E-state index in [1.807, 2.05) is 0 Å². The summed E-state index contributed by atoms with van der Waals surface area (Å²) >= 11 is 0. The molecule has 0 aliphatic carbocycles. The Hall–Kier alpha value is -0.970. The first-order chi connectivity index (χ1) is 6.45. The van der Waals surface area contributed by atoms with E-state index in [2.05, 4.69) is 20.6 Å². The molecule has 1 atom stereocenters. The van der Waals surface area contributed by atoms with E-state index < -0.39 is 0 Å². The predicted molar refractivity (Wildman–Crippen MR) is 46.1 cm³/mol. The van der Waals surface area contributed by atoms with Gasteiger partial charge in [0.15, 0.2) is 5.82 Å². The van der Waals surface area contributed by atoms with Crippen LogP contribution in [0.15, 0.2) is 0 Å². The maximum absolute atomic E-state index is 5.51. The summed E-state index contributed by atoms with van der Waals surface area (Å²) in [5, 5.41) is 13.7. The summed E-state index contributed by atoms with van der Waals surface area (Å²) in [6.07, 6.45) is 6.01. The van der Waals surface area contributed by atoms with Gasteiger partial charge in [-0.2, -0.15) is 5.21 Å². The fourth-order valence-corrected chi connectivity index (χ4v) is 1.65. The minimum Gasteiger partial charge on any atom is -0.378 e. The third kappa shape index (κ3) is 2.48. The van der Waals surface area contributed by atoms with Crippen LogP contribution in [-0.4, -0.2) is 33.3 Å². The van der Waals surface area contributed by atoms with Crippen molar-refractivity contribution in [2.75, 3.05) is 6.61 Å². The minimum atomic E-state index is 0.479. The molecular formula is C8H14N4O. The molecule has 0 spiro atoms. The number of hydrogen-bond donors (Lipinski definition) is 1. The summed E-state index contributed by atoms with van der Waals surface area (Å²) in [7, 11) is 0. The van der Waals surface area contributed by atoms with Crippen molar-refractivity contribution in [3.05, 3.63) is 5.82 Å². The Morgan fingerprint density at radius 3 is 3.23 bits per heavy atom. The lowest BCUT2D eigenvalue weighted by Crippen LogP contribution is -2.05. The molecule has 0 bridgehead atoms. The fraction of sp³-hybridized carbons (Fsp3) is 0.875. The maximum atomic E-state index is 5.51. The molecule has 2 rings (SSSR count). The molecule has 1 aromatic rings. The number of nitrogens with zero attached hydrogens (tertiary/aromatic N) is 3. The molecule has 1 N–H and O–H groups in total. The number of aromatic nitrogens is 4. The number of ether oxygens (including phenoxy) is 1. The molecule has 13 heavy (non-hydrogen) atoms.